The minimum Gasteiger partial charge on any atom is -0.288 e. The predicted molar refractivity (Wildman–Crippen MR) is 109 cm³/mol. The van der Waals surface area contributed by atoms with E-state index in [1.807, 2.05) is 72.8 Å². The number of tetrazole rings is 1. The summed E-state index contributed by atoms with van der Waals surface area (Å²) in [6.45, 7) is 4.44. The predicted octanol–water partition coefficient (Wildman–Crippen LogP) is 3.85. The molecule has 0 spiro atoms. The second kappa shape index (κ2) is 8.05. The minimum atomic E-state index is 0.534. The molecule has 4 rings (SSSR count). The van der Waals surface area contributed by atoms with Gasteiger partial charge in [0.15, 0.2) is 5.69 Å². The first-order valence-corrected chi connectivity index (χ1v) is 9.57. The number of aromatic nitrogens is 4. The summed E-state index contributed by atoms with van der Waals surface area (Å²) in [5.74, 6) is 0.544. The summed E-state index contributed by atoms with van der Waals surface area (Å²) in [6, 6.07) is 28.2. The van der Waals surface area contributed by atoms with Crippen LogP contribution < -0.4 is 15.5 Å². The van der Waals surface area contributed by atoms with E-state index >= 15 is 0 Å². The standard InChI is InChI=1S/C23H23N5/c1-3-18(2)19-14-16-20(17-15-19)24-23-25-28(22-12-8-5-9-13-22)26-27(23)21-10-6-4-7-11-21/h4-18H,3H2,1-2H3. The van der Waals surface area contributed by atoms with Crippen LogP contribution in [0.2, 0.25) is 0 Å². The van der Waals surface area contributed by atoms with Crippen molar-refractivity contribution in [3.8, 4) is 11.4 Å². The van der Waals surface area contributed by atoms with E-state index in [2.05, 4.69) is 36.3 Å². The van der Waals surface area contributed by atoms with Crippen LogP contribution in [-0.2, 0) is 0 Å². The van der Waals surface area contributed by atoms with Gasteiger partial charge in [-0.25, -0.2) is 0 Å². The Labute approximate surface area is 164 Å². The number of rotatable bonds is 5. The highest BCUT2D eigenvalue weighted by atomic mass is 15.6. The monoisotopic (exact) mass is 369 g/mol. The van der Waals surface area contributed by atoms with E-state index in [1.165, 1.54) is 5.56 Å². The van der Waals surface area contributed by atoms with Crippen molar-refractivity contribution >= 4 is 5.69 Å². The Morgan fingerprint density at radius 2 is 1.57 bits per heavy atom. The Balaban J connectivity index is 1.81. The van der Waals surface area contributed by atoms with Crippen LogP contribution in [0, 0.1) is 0 Å². The highest BCUT2D eigenvalue weighted by Gasteiger charge is 2.11. The van der Waals surface area contributed by atoms with Crippen molar-refractivity contribution in [2.45, 2.75) is 26.2 Å². The largest absolute Gasteiger partial charge is 0.288 e. The van der Waals surface area contributed by atoms with Crippen molar-refractivity contribution in [1.82, 2.24) is 15.0 Å². The fourth-order valence-electron chi connectivity index (χ4n) is 2.98. The van der Waals surface area contributed by atoms with Crippen LogP contribution in [0.1, 0.15) is 31.7 Å². The van der Waals surface area contributed by atoms with Crippen molar-refractivity contribution in [1.29, 1.82) is 0 Å². The van der Waals surface area contributed by atoms with E-state index in [0.717, 1.165) is 23.5 Å². The smallest absolute Gasteiger partial charge is 0.266 e. The Hall–Kier alpha value is -3.47. The molecule has 0 aliphatic carbocycles. The van der Waals surface area contributed by atoms with Crippen molar-refractivity contribution in [2.75, 3.05) is 0 Å². The molecule has 0 fully saturated rings. The number of para-hydroxylation sites is 2. The Bertz CT molecular complexity index is 1090. The molecule has 4 aromatic rings. The minimum absolute atomic E-state index is 0.534. The molecule has 0 amide bonds. The molecule has 140 valence electrons. The van der Waals surface area contributed by atoms with Gasteiger partial charge in [-0.2, -0.15) is 0 Å². The molecule has 0 saturated carbocycles. The molecule has 3 aromatic carbocycles. The van der Waals surface area contributed by atoms with Gasteiger partial charge < -0.3 is 0 Å². The molecule has 5 nitrogen and oxygen atoms in total. The zero-order valence-electron chi connectivity index (χ0n) is 16.1. The van der Waals surface area contributed by atoms with Gasteiger partial charge in [-0.1, -0.05) is 67.2 Å². The summed E-state index contributed by atoms with van der Waals surface area (Å²) in [7, 11) is 0. The Morgan fingerprint density at radius 3 is 2.21 bits per heavy atom. The van der Waals surface area contributed by atoms with E-state index in [0.29, 0.717) is 11.5 Å². The van der Waals surface area contributed by atoms with Crippen LogP contribution in [0.3, 0.4) is 0 Å². The zero-order chi connectivity index (χ0) is 19.3. The topological polar surface area (TPSA) is 48.2 Å². The molecule has 0 aliphatic heterocycles. The summed E-state index contributed by atoms with van der Waals surface area (Å²) < 4.78 is 1.76. The molecule has 0 saturated heterocycles. The highest BCUT2D eigenvalue weighted by Crippen LogP contribution is 2.21. The van der Waals surface area contributed by atoms with Gasteiger partial charge in [-0.3, -0.25) is 4.99 Å². The molecule has 1 atom stereocenters. The fraction of sp³-hybridized carbons (Fsp3) is 0.174. The number of benzene rings is 3. The first kappa shape index (κ1) is 17.9. The maximum atomic E-state index is 4.76. The van der Waals surface area contributed by atoms with Crippen LogP contribution in [0.15, 0.2) is 89.9 Å². The lowest BCUT2D eigenvalue weighted by molar-refractivity contribution is -0.723. The first-order chi connectivity index (χ1) is 13.7. The second-order valence-electron chi connectivity index (χ2n) is 6.77. The van der Waals surface area contributed by atoms with Gasteiger partial charge in [-0.05, 0) is 54.3 Å². The molecule has 1 heterocycles. The normalized spacial score (nSPS) is 12.9. The Kier molecular flexibility index (Phi) is 5.15. The maximum Gasteiger partial charge on any atom is 0.266 e. The third-order valence-corrected chi connectivity index (χ3v) is 4.84. The molecule has 1 unspecified atom stereocenters. The number of hydrogen-bond donors (Lipinski definition) is 0. The van der Waals surface area contributed by atoms with Gasteiger partial charge in [0.1, 0.15) is 5.69 Å². The van der Waals surface area contributed by atoms with Gasteiger partial charge in [0.2, 0.25) is 0 Å². The van der Waals surface area contributed by atoms with Crippen LogP contribution in [-0.4, -0.2) is 9.90 Å². The van der Waals surface area contributed by atoms with Crippen molar-refractivity contribution in [3.63, 3.8) is 0 Å². The van der Waals surface area contributed by atoms with Crippen molar-refractivity contribution in [2.24, 2.45) is 4.99 Å². The summed E-state index contributed by atoms with van der Waals surface area (Å²) in [4.78, 5) is 6.37. The van der Waals surface area contributed by atoms with E-state index in [1.54, 1.807) is 9.48 Å². The average Bonchev–Trinajstić information content (AvgIpc) is 3.19. The fourth-order valence-corrected chi connectivity index (χ4v) is 2.98. The molecule has 1 aromatic heterocycles. The van der Waals surface area contributed by atoms with Crippen LogP contribution >= 0.6 is 0 Å². The van der Waals surface area contributed by atoms with Crippen LogP contribution in [0.4, 0.5) is 5.69 Å². The lowest BCUT2D eigenvalue weighted by Crippen LogP contribution is -2.40. The quantitative estimate of drug-likeness (QED) is 0.502. The van der Waals surface area contributed by atoms with Gasteiger partial charge in [0.25, 0.3) is 5.62 Å². The van der Waals surface area contributed by atoms with E-state index < -0.39 is 0 Å². The van der Waals surface area contributed by atoms with Crippen LogP contribution in [0.25, 0.3) is 11.4 Å². The molecular weight excluding hydrogens is 346 g/mol. The highest BCUT2D eigenvalue weighted by molar-refractivity contribution is 5.40. The molecular formula is C23H23N5. The summed E-state index contributed by atoms with van der Waals surface area (Å²) >= 11 is 0. The van der Waals surface area contributed by atoms with Crippen molar-refractivity contribution in [3.05, 3.63) is 96.1 Å². The molecule has 5 heteroatoms. The summed E-state index contributed by atoms with van der Waals surface area (Å²) in [5, 5.41) is 9.26. The van der Waals surface area contributed by atoms with Gasteiger partial charge in [0, 0.05) is 10.9 Å². The van der Waals surface area contributed by atoms with Gasteiger partial charge in [-0.15, -0.1) is 9.78 Å². The maximum absolute atomic E-state index is 4.76. The molecule has 0 radical (unpaired) electrons. The van der Waals surface area contributed by atoms with E-state index in [-0.39, 0.29) is 0 Å². The van der Waals surface area contributed by atoms with Gasteiger partial charge >= 0.3 is 0 Å². The average molecular weight is 369 g/mol. The molecule has 28 heavy (non-hydrogen) atoms. The summed E-state index contributed by atoms with van der Waals surface area (Å²) in [5.41, 5.74) is 4.52. The third kappa shape index (κ3) is 3.78. The van der Waals surface area contributed by atoms with Crippen LogP contribution in [0.5, 0.6) is 0 Å². The Morgan fingerprint density at radius 1 is 0.929 bits per heavy atom. The number of nitrogens with zero attached hydrogens (tertiary/aromatic N) is 5. The lowest BCUT2D eigenvalue weighted by atomic mass is 9.99. The van der Waals surface area contributed by atoms with E-state index in [9.17, 15) is 0 Å². The molecule has 0 aliphatic rings. The second-order valence-corrected chi connectivity index (χ2v) is 6.77. The molecule has 0 bridgehead atoms. The summed E-state index contributed by atoms with van der Waals surface area (Å²) in [6.07, 6.45) is 1.12. The SMILES string of the molecule is CCC(C)c1ccc(N=c2[n-][n+](-c3ccccc3)nn2-c2ccccc2)cc1. The van der Waals surface area contributed by atoms with Gasteiger partial charge in [0.05, 0.1) is 0 Å². The van der Waals surface area contributed by atoms with E-state index in [4.69, 9.17) is 4.99 Å². The third-order valence-electron chi connectivity index (χ3n) is 4.84. The first-order valence-electron chi connectivity index (χ1n) is 9.57. The number of hydrogen-bond acceptors (Lipinski definition) is 2. The lowest BCUT2D eigenvalue weighted by Gasteiger charge is -2.08. The molecule has 0 N–H and O–H groups in total. The van der Waals surface area contributed by atoms with Crippen molar-refractivity contribution < 1.29 is 4.80 Å². The zero-order valence-corrected chi connectivity index (χ0v) is 16.1.